The van der Waals surface area contributed by atoms with Gasteiger partial charge >= 0.3 is 6.17 Å². The summed E-state index contributed by atoms with van der Waals surface area (Å²) in [4.78, 5) is 18.5. The molecule has 1 atom stereocenters. The minimum atomic E-state index is -2.23. The molecule has 1 aromatic carbocycles. The molecule has 1 N–H and O–H groups in total. The Labute approximate surface area is 84.3 Å². The van der Waals surface area contributed by atoms with E-state index in [4.69, 9.17) is 0 Å². The molecule has 0 aliphatic rings. The van der Waals surface area contributed by atoms with Crippen molar-refractivity contribution in [3.8, 4) is 0 Å². The molecule has 0 fully saturated rings. The van der Waals surface area contributed by atoms with Gasteiger partial charge in [-0.05, 0) is 5.56 Å². The largest absolute Gasteiger partial charge is 0.479 e. The topological polar surface area (TPSA) is 107 Å². The van der Waals surface area contributed by atoms with Crippen LogP contribution in [-0.4, -0.2) is 21.1 Å². The first-order valence-corrected chi connectivity index (χ1v) is 4.04. The maximum absolute atomic E-state index is 10.4. The fourth-order valence-corrected chi connectivity index (χ4v) is 1.13. The summed E-state index contributed by atoms with van der Waals surface area (Å²) in [6, 6.07) is 7.50. The average molecular weight is 212 g/mol. The molecule has 0 amide bonds. The van der Waals surface area contributed by atoms with Gasteiger partial charge in [-0.3, -0.25) is 20.2 Å². The summed E-state index contributed by atoms with van der Waals surface area (Å²) in [5, 5.41) is 30.2. The van der Waals surface area contributed by atoms with E-state index in [0.29, 0.717) is 0 Å². The number of nitro groups is 2. The monoisotopic (exact) mass is 212 g/mol. The molecule has 0 saturated heterocycles. The molecule has 15 heavy (non-hydrogen) atoms. The third kappa shape index (κ3) is 2.47. The first-order valence-electron chi connectivity index (χ1n) is 4.04. The second-order valence-electron chi connectivity index (χ2n) is 2.84. The molecular formula is C8H8N2O5. The van der Waals surface area contributed by atoms with E-state index < -0.39 is 22.1 Å². The van der Waals surface area contributed by atoms with Crippen LogP contribution in [0.2, 0.25) is 0 Å². The van der Waals surface area contributed by atoms with Gasteiger partial charge in [0.1, 0.15) is 0 Å². The second kappa shape index (κ2) is 4.47. The molecule has 1 aromatic rings. The zero-order chi connectivity index (χ0) is 11.4. The summed E-state index contributed by atoms with van der Waals surface area (Å²) in [6.07, 6.45) is -3.97. The molecule has 0 heterocycles. The van der Waals surface area contributed by atoms with Crippen molar-refractivity contribution in [3.63, 3.8) is 0 Å². The maximum Gasteiger partial charge on any atom is 0.479 e. The van der Waals surface area contributed by atoms with Gasteiger partial charge in [-0.1, -0.05) is 30.3 Å². The minimum Gasteiger partial charge on any atom is -0.375 e. The molecule has 7 nitrogen and oxygen atoms in total. The Bertz CT molecular complexity index is 353. The van der Waals surface area contributed by atoms with Crippen LogP contribution in [0.5, 0.6) is 0 Å². The first kappa shape index (κ1) is 11.1. The number of rotatable bonds is 4. The Morgan fingerprint density at radius 3 is 1.93 bits per heavy atom. The standard InChI is InChI=1S/C8H8N2O5/c11-7(6-4-2-1-3-5-6)8(9(12)13)10(14)15/h1-5,7-8,11H. The summed E-state index contributed by atoms with van der Waals surface area (Å²) >= 11 is 0. The van der Waals surface area contributed by atoms with Crippen LogP contribution in [0.4, 0.5) is 0 Å². The van der Waals surface area contributed by atoms with Crippen molar-refractivity contribution in [3.05, 3.63) is 56.1 Å². The Hall–Kier alpha value is -2.02. The zero-order valence-electron chi connectivity index (χ0n) is 7.52. The van der Waals surface area contributed by atoms with Gasteiger partial charge in [0.2, 0.25) is 6.10 Å². The van der Waals surface area contributed by atoms with Crippen molar-refractivity contribution in [2.75, 3.05) is 0 Å². The predicted octanol–water partition coefficient (Wildman–Crippen LogP) is 0.599. The number of benzene rings is 1. The first-order chi connectivity index (χ1) is 7.04. The third-order valence-corrected chi connectivity index (χ3v) is 1.86. The van der Waals surface area contributed by atoms with E-state index in [0.717, 1.165) is 0 Å². The highest BCUT2D eigenvalue weighted by molar-refractivity contribution is 5.17. The van der Waals surface area contributed by atoms with Crippen LogP contribution in [0.3, 0.4) is 0 Å². The summed E-state index contributed by atoms with van der Waals surface area (Å²) in [6.45, 7) is 0. The van der Waals surface area contributed by atoms with Crippen molar-refractivity contribution in [2.24, 2.45) is 0 Å². The van der Waals surface area contributed by atoms with Crippen LogP contribution in [0.1, 0.15) is 11.7 Å². The number of nitrogens with zero attached hydrogens (tertiary/aromatic N) is 2. The molecule has 0 bridgehead atoms. The number of aliphatic hydroxyl groups is 1. The van der Waals surface area contributed by atoms with Crippen molar-refractivity contribution >= 4 is 0 Å². The summed E-state index contributed by atoms with van der Waals surface area (Å²) < 4.78 is 0. The zero-order valence-corrected chi connectivity index (χ0v) is 7.52. The highest BCUT2D eigenvalue weighted by atomic mass is 16.7. The van der Waals surface area contributed by atoms with Crippen molar-refractivity contribution in [2.45, 2.75) is 12.3 Å². The normalized spacial score (nSPS) is 12.4. The smallest absolute Gasteiger partial charge is 0.375 e. The van der Waals surface area contributed by atoms with E-state index in [2.05, 4.69) is 0 Å². The number of hydrogen-bond donors (Lipinski definition) is 1. The van der Waals surface area contributed by atoms with E-state index in [1.54, 1.807) is 6.07 Å². The maximum atomic E-state index is 10.4. The molecule has 1 unspecified atom stereocenters. The SMILES string of the molecule is O=[N+]([O-])C(C(O)c1ccccc1)[N+](=O)[O-]. The summed E-state index contributed by atoms with van der Waals surface area (Å²) in [5.41, 5.74) is 0.149. The van der Waals surface area contributed by atoms with E-state index in [1.165, 1.54) is 24.3 Å². The van der Waals surface area contributed by atoms with Gasteiger partial charge in [0.25, 0.3) is 0 Å². The van der Waals surface area contributed by atoms with Gasteiger partial charge in [0.05, 0.1) is 9.85 Å². The van der Waals surface area contributed by atoms with Crippen LogP contribution >= 0.6 is 0 Å². The predicted molar refractivity (Wildman–Crippen MR) is 49.2 cm³/mol. The van der Waals surface area contributed by atoms with Crippen molar-refractivity contribution in [1.82, 2.24) is 0 Å². The highest BCUT2D eigenvalue weighted by Gasteiger charge is 2.42. The fourth-order valence-electron chi connectivity index (χ4n) is 1.13. The van der Waals surface area contributed by atoms with Gasteiger partial charge in [-0.2, -0.15) is 0 Å². The fraction of sp³-hybridized carbons (Fsp3) is 0.250. The Morgan fingerprint density at radius 2 is 1.53 bits per heavy atom. The summed E-state index contributed by atoms with van der Waals surface area (Å²) in [5.74, 6) is 0. The Morgan fingerprint density at radius 1 is 1.07 bits per heavy atom. The molecule has 1 rings (SSSR count). The van der Waals surface area contributed by atoms with Gasteiger partial charge in [0, 0.05) is 0 Å². The average Bonchev–Trinajstić information content (AvgIpc) is 2.18. The van der Waals surface area contributed by atoms with Gasteiger partial charge in [-0.25, -0.2) is 0 Å². The quantitative estimate of drug-likeness (QED) is 0.446. The van der Waals surface area contributed by atoms with E-state index >= 15 is 0 Å². The highest BCUT2D eigenvalue weighted by Crippen LogP contribution is 2.18. The van der Waals surface area contributed by atoms with Gasteiger partial charge in [-0.15, -0.1) is 0 Å². The lowest BCUT2D eigenvalue weighted by atomic mass is 10.1. The van der Waals surface area contributed by atoms with Gasteiger partial charge < -0.3 is 5.11 Å². The molecule has 0 aliphatic heterocycles. The molecule has 7 heteroatoms. The Kier molecular flexibility index (Phi) is 3.29. The summed E-state index contributed by atoms with van der Waals surface area (Å²) in [7, 11) is 0. The lowest BCUT2D eigenvalue weighted by molar-refractivity contribution is -0.753. The molecule has 0 aromatic heterocycles. The molecule has 80 valence electrons. The number of aliphatic hydroxyl groups excluding tert-OH is 1. The lowest BCUT2D eigenvalue weighted by Gasteiger charge is -2.09. The van der Waals surface area contributed by atoms with Crippen LogP contribution in [0, 0.1) is 20.2 Å². The molecule has 0 aliphatic carbocycles. The molecule has 0 spiro atoms. The van der Waals surface area contributed by atoms with Crippen molar-refractivity contribution in [1.29, 1.82) is 0 Å². The van der Waals surface area contributed by atoms with E-state index in [1.807, 2.05) is 0 Å². The van der Waals surface area contributed by atoms with Crippen LogP contribution in [0.25, 0.3) is 0 Å². The van der Waals surface area contributed by atoms with Gasteiger partial charge in [0.15, 0.2) is 0 Å². The minimum absolute atomic E-state index is 0.149. The third-order valence-electron chi connectivity index (χ3n) is 1.86. The lowest BCUT2D eigenvalue weighted by Crippen LogP contribution is -2.35. The number of hydrogen-bond acceptors (Lipinski definition) is 5. The Balaban J connectivity index is 2.96. The van der Waals surface area contributed by atoms with Crippen molar-refractivity contribution < 1.29 is 15.0 Å². The van der Waals surface area contributed by atoms with E-state index in [-0.39, 0.29) is 5.56 Å². The molecular weight excluding hydrogens is 204 g/mol. The van der Waals surface area contributed by atoms with Crippen LogP contribution in [0.15, 0.2) is 30.3 Å². The van der Waals surface area contributed by atoms with Crippen LogP contribution < -0.4 is 0 Å². The molecule has 0 radical (unpaired) electrons. The van der Waals surface area contributed by atoms with E-state index in [9.17, 15) is 25.3 Å². The second-order valence-corrected chi connectivity index (χ2v) is 2.84. The van der Waals surface area contributed by atoms with Crippen LogP contribution in [-0.2, 0) is 0 Å². The molecule has 0 saturated carbocycles.